The van der Waals surface area contributed by atoms with Gasteiger partial charge >= 0.3 is 0 Å². The van der Waals surface area contributed by atoms with E-state index in [-0.39, 0.29) is 0 Å². The van der Waals surface area contributed by atoms with E-state index in [0.29, 0.717) is 12.1 Å². The molecule has 0 fully saturated rings. The van der Waals surface area contributed by atoms with Crippen molar-refractivity contribution in [3.05, 3.63) is 34.9 Å². The summed E-state index contributed by atoms with van der Waals surface area (Å²) in [6, 6.07) is 8.48. The molecule has 21 heavy (non-hydrogen) atoms. The van der Waals surface area contributed by atoms with Crippen molar-refractivity contribution in [3.8, 4) is 0 Å². The fraction of sp³-hybridized carbons (Fsp3) is 0.647. The zero-order chi connectivity index (χ0) is 15.7. The number of nitrogens with zero attached hydrogens (tertiary/aromatic N) is 1. The molecule has 0 amide bonds. The van der Waals surface area contributed by atoms with Crippen LogP contribution < -0.4 is 5.32 Å². The highest BCUT2D eigenvalue weighted by atomic mass is 35.5. The van der Waals surface area contributed by atoms with Gasteiger partial charge in [-0.05, 0) is 58.1 Å². The van der Waals surface area contributed by atoms with E-state index in [4.69, 9.17) is 16.3 Å². The van der Waals surface area contributed by atoms with Gasteiger partial charge in [0.15, 0.2) is 0 Å². The minimum atomic E-state index is 0.305. The van der Waals surface area contributed by atoms with Gasteiger partial charge in [-0.2, -0.15) is 0 Å². The molecular formula is C17H29ClN2O. The highest BCUT2D eigenvalue weighted by molar-refractivity contribution is 6.30. The number of nitrogens with one attached hydrogen (secondary N) is 1. The molecule has 0 radical (unpaired) electrons. The lowest BCUT2D eigenvalue weighted by Gasteiger charge is -2.23. The molecule has 1 rings (SSSR count). The fourth-order valence-corrected chi connectivity index (χ4v) is 2.46. The molecule has 4 heteroatoms. The Labute approximate surface area is 134 Å². The Morgan fingerprint density at radius 3 is 2.67 bits per heavy atom. The van der Waals surface area contributed by atoms with E-state index in [0.717, 1.165) is 37.7 Å². The van der Waals surface area contributed by atoms with E-state index in [1.54, 1.807) is 0 Å². The van der Waals surface area contributed by atoms with Crippen molar-refractivity contribution in [2.24, 2.45) is 0 Å². The summed E-state index contributed by atoms with van der Waals surface area (Å²) in [5.74, 6) is 0. The van der Waals surface area contributed by atoms with Gasteiger partial charge in [0.2, 0.25) is 0 Å². The first-order valence-electron chi connectivity index (χ1n) is 7.82. The van der Waals surface area contributed by atoms with Gasteiger partial charge in [-0.1, -0.05) is 30.7 Å². The topological polar surface area (TPSA) is 24.5 Å². The number of benzene rings is 1. The third kappa shape index (κ3) is 7.82. The summed E-state index contributed by atoms with van der Waals surface area (Å²) in [5.41, 5.74) is 1.26. The van der Waals surface area contributed by atoms with Crippen LogP contribution >= 0.6 is 11.6 Å². The Morgan fingerprint density at radius 1 is 1.29 bits per heavy atom. The van der Waals surface area contributed by atoms with E-state index in [2.05, 4.69) is 50.2 Å². The van der Waals surface area contributed by atoms with Crippen LogP contribution in [0.4, 0.5) is 0 Å². The molecule has 0 saturated heterocycles. The summed E-state index contributed by atoms with van der Waals surface area (Å²) in [6.07, 6.45) is 1.37. The lowest BCUT2D eigenvalue weighted by molar-refractivity contribution is 0.0632. The number of likely N-dealkylation sites (N-methyl/N-ethyl adjacent to an activating group) is 1. The van der Waals surface area contributed by atoms with E-state index in [1.165, 1.54) is 5.56 Å². The van der Waals surface area contributed by atoms with Gasteiger partial charge in [-0.3, -0.25) is 0 Å². The van der Waals surface area contributed by atoms with Gasteiger partial charge < -0.3 is 15.0 Å². The van der Waals surface area contributed by atoms with Crippen molar-refractivity contribution < 1.29 is 4.74 Å². The molecule has 1 atom stereocenters. The average molecular weight is 313 g/mol. The Hall–Kier alpha value is -0.610. The minimum absolute atomic E-state index is 0.305. The minimum Gasteiger partial charge on any atom is -0.377 e. The van der Waals surface area contributed by atoms with Gasteiger partial charge in [0, 0.05) is 17.6 Å². The predicted octanol–water partition coefficient (Wildman–Crippen LogP) is 3.74. The Balaban J connectivity index is 2.44. The Kier molecular flexibility index (Phi) is 8.93. The van der Waals surface area contributed by atoms with E-state index in [9.17, 15) is 0 Å². The molecule has 1 unspecified atom stereocenters. The third-order valence-electron chi connectivity index (χ3n) is 3.43. The molecule has 0 aliphatic carbocycles. The molecule has 120 valence electrons. The molecule has 0 aromatic heterocycles. The number of ether oxygens (including phenoxy) is 1. The van der Waals surface area contributed by atoms with Crippen molar-refractivity contribution in [1.29, 1.82) is 0 Å². The fourth-order valence-electron chi connectivity index (χ4n) is 2.26. The maximum absolute atomic E-state index is 6.10. The maximum atomic E-state index is 6.10. The van der Waals surface area contributed by atoms with Crippen LogP contribution in [0.25, 0.3) is 0 Å². The smallest absolute Gasteiger partial charge is 0.0596 e. The largest absolute Gasteiger partial charge is 0.377 e. The van der Waals surface area contributed by atoms with E-state index >= 15 is 0 Å². The SMILES string of the molecule is CCNC(CCN(C)CCOC(C)C)c1cccc(Cl)c1. The van der Waals surface area contributed by atoms with Crippen LogP contribution in [0.15, 0.2) is 24.3 Å². The summed E-state index contributed by atoms with van der Waals surface area (Å²) >= 11 is 6.10. The van der Waals surface area contributed by atoms with Crippen LogP contribution in [-0.4, -0.2) is 44.3 Å². The van der Waals surface area contributed by atoms with Crippen molar-refractivity contribution >= 4 is 11.6 Å². The van der Waals surface area contributed by atoms with E-state index < -0.39 is 0 Å². The van der Waals surface area contributed by atoms with Crippen molar-refractivity contribution in [2.45, 2.75) is 39.3 Å². The van der Waals surface area contributed by atoms with Crippen LogP contribution in [-0.2, 0) is 4.74 Å². The number of halogens is 1. The molecule has 0 aliphatic rings. The molecule has 1 aromatic rings. The Morgan fingerprint density at radius 2 is 2.05 bits per heavy atom. The highest BCUT2D eigenvalue weighted by Crippen LogP contribution is 2.20. The molecule has 1 N–H and O–H groups in total. The lowest BCUT2D eigenvalue weighted by atomic mass is 10.0. The van der Waals surface area contributed by atoms with Crippen LogP contribution in [0, 0.1) is 0 Å². The summed E-state index contributed by atoms with van der Waals surface area (Å²) in [7, 11) is 2.14. The third-order valence-corrected chi connectivity index (χ3v) is 3.66. The summed E-state index contributed by atoms with van der Waals surface area (Å²) in [5, 5.41) is 4.34. The zero-order valence-corrected chi connectivity index (χ0v) is 14.5. The molecule has 0 spiro atoms. The van der Waals surface area contributed by atoms with Crippen molar-refractivity contribution in [2.75, 3.05) is 33.3 Å². The first-order chi connectivity index (χ1) is 10.0. The average Bonchev–Trinajstić information content (AvgIpc) is 2.43. The number of rotatable bonds is 10. The monoisotopic (exact) mass is 312 g/mol. The molecule has 3 nitrogen and oxygen atoms in total. The quantitative estimate of drug-likeness (QED) is 0.712. The van der Waals surface area contributed by atoms with Crippen LogP contribution in [0.2, 0.25) is 5.02 Å². The standard InChI is InChI=1S/C17H29ClN2O/c1-5-19-17(15-7-6-8-16(18)13-15)9-10-20(4)11-12-21-14(2)3/h6-8,13-14,17,19H,5,9-12H2,1-4H3. The molecule has 0 heterocycles. The van der Waals surface area contributed by atoms with Gasteiger partial charge in [-0.25, -0.2) is 0 Å². The van der Waals surface area contributed by atoms with Crippen LogP contribution in [0.3, 0.4) is 0 Å². The first-order valence-corrected chi connectivity index (χ1v) is 8.19. The van der Waals surface area contributed by atoms with Gasteiger partial charge in [0.1, 0.15) is 0 Å². The van der Waals surface area contributed by atoms with Gasteiger partial charge in [0.25, 0.3) is 0 Å². The second-order valence-corrected chi connectivity index (χ2v) is 6.11. The zero-order valence-electron chi connectivity index (χ0n) is 13.7. The molecule has 0 bridgehead atoms. The van der Waals surface area contributed by atoms with Crippen molar-refractivity contribution in [3.63, 3.8) is 0 Å². The molecule has 0 aliphatic heterocycles. The van der Waals surface area contributed by atoms with Crippen LogP contribution in [0.5, 0.6) is 0 Å². The second kappa shape index (κ2) is 10.2. The second-order valence-electron chi connectivity index (χ2n) is 5.68. The van der Waals surface area contributed by atoms with Crippen molar-refractivity contribution in [1.82, 2.24) is 10.2 Å². The highest BCUT2D eigenvalue weighted by Gasteiger charge is 2.11. The maximum Gasteiger partial charge on any atom is 0.0596 e. The summed E-state index contributed by atoms with van der Waals surface area (Å²) in [6.45, 7) is 10.0. The predicted molar refractivity (Wildman–Crippen MR) is 91.1 cm³/mol. The lowest BCUT2D eigenvalue weighted by Crippen LogP contribution is -2.29. The number of hydrogen-bond acceptors (Lipinski definition) is 3. The molecular weight excluding hydrogens is 284 g/mol. The summed E-state index contributed by atoms with van der Waals surface area (Å²) < 4.78 is 5.59. The first kappa shape index (κ1) is 18.4. The molecule has 1 aromatic carbocycles. The van der Waals surface area contributed by atoms with E-state index in [1.807, 2.05) is 12.1 Å². The van der Waals surface area contributed by atoms with Gasteiger partial charge in [0.05, 0.1) is 12.7 Å². The number of hydrogen-bond donors (Lipinski definition) is 1. The Bertz CT molecular complexity index is 398. The van der Waals surface area contributed by atoms with Crippen LogP contribution in [0.1, 0.15) is 38.8 Å². The normalized spacial score (nSPS) is 13.1. The molecule has 0 saturated carbocycles. The van der Waals surface area contributed by atoms with Gasteiger partial charge in [-0.15, -0.1) is 0 Å². The summed E-state index contributed by atoms with van der Waals surface area (Å²) in [4.78, 5) is 2.32.